The van der Waals surface area contributed by atoms with Crippen LogP contribution in [0, 0.1) is 11.8 Å². The van der Waals surface area contributed by atoms with Gasteiger partial charge in [-0.1, -0.05) is 5.92 Å². The van der Waals surface area contributed by atoms with E-state index < -0.39 is 24.5 Å². The normalized spacial score (nSPS) is 9.00. The Bertz CT molecular complexity index is 584. The highest BCUT2D eigenvalue weighted by Gasteiger charge is 2.07. The Morgan fingerprint density at radius 3 is 2.38 bits per heavy atom. The predicted octanol–water partition coefficient (Wildman–Crippen LogP) is 0.646. The molecule has 7 nitrogen and oxygen atoms in total. The molecule has 21 heavy (non-hydrogen) atoms. The molecule has 1 aromatic rings. The fourth-order valence-electron chi connectivity index (χ4n) is 1.35. The Balaban J connectivity index is 2.52. The summed E-state index contributed by atoms with van der Waals surface area (Å²) in [6.45, 7) is 1.48. The lowest BCUT2D eigenvalue weighted by Gasteiger charge is -2.07. The van der Waals surface area contributed by atoms with Crippen LogP contribution in [0.4, 0.5) is 10.5 Å². The standard InChI is InChI=1S/C14H15N3O4/c1-2-3-8-15-14(21)17-11-6-4-10(5-7-11)13(20)16-9-12(18)19/h4-7H,8-9H2,1H3,(H,16,20)(H,18,19)(H2,15,17,21). The molecule has 110 valence electrons. The number of carbonyl (C=O) groups is 3. The zero-order valence-corrected chi connectivity index (χ0v) is 11.4. The highest BCUT2D eigenvalue weighted by Crippen LogP contribution is 2.09. The van der Waals surface area contributed by atoms with Gasteiger partial charge in [-0.3, -0.25) is 9.59 Å². The Morgan fingerprint density at radius 1 is 1.14 bits per heavy atom. The van der Waals surface area contributed by atoms with E-state index in [1.807, 2.05) is 0 Å². The topological polar surface area (TPSA) is 108 Å². The molecule has 0 spiro atoms. The van der Waals surface area contributed by atoms with Crippen molar-refractivity contribution in [1.82, 2.24) is 10.6 Å². The maximum Gasteiger partial charge on any atom is 0.322 e. The number of carboxylic acid groups (broad SMARTS) is 1. The van der Waals surface area contributed by atoms with Crippen LogP contribution in [0.2, 0.25) is 0 Å². The summed E-state index contributed by atoms with van der Waals surface area (Å²) >= 11 is 0. The second-order valence-corrected chi connectivity index (χ2v) is 3.89. The van der Waals surface area contributed by atoms with Crippen molar-refractivity contribution in [3.8, 4) is 11.8 Å². The molecule has 7 heteroatoms. The first kappa shape index (κ1) is 16.0. The quantitative estimate of drug-likeness (QED) is 0.597. The van der Waals surface area contributed by atoms with Crippen molar-refractivity contribution in [3.63, 3.8) is 0 Å². The number of anilines is 1. The fraction of sp³-hybridized carbons (Fsp3) is 0.214. The lowest BCUT2D eigenvalue weighted by molar-refractivity contribution is -0.135. The highest BCUT2D eigenvalue weighted by molar-refractivity contribution is 5.96. The number of aliphatic carboxylic acids is 1. The van der Waals surface area contributed by atoms with Gasteiger partial charge in [-0.05, 0) is 31.2 Å². The minimum absolute atomic E-state index is 0.248. The van der Waals surface area contributed by atoms with Crippen LogP contribution in [0.1, 0.15) is 17.3 Å². The summed E-state index contributed by atoms with van der Waals surface area (Å²) in [5, 5.41) is 15.8. The average molecular weight is 289 g/mol. The summed E-state index contributed by atoms with van der Waals surface area (Å²) in [7, 11) is 0. The summed E-state index contributed by atoms with van der Waals surface area (Å²) in [4.78, 5) is 33.4. The molecule has 0 aliphatic heterocycles. The van der Waals surface area contributed by atoms with E-state index in [1.165, 1.54) is 12.1 Å². The average Bonchev–Trinajstić information content (AvgIpc) is 2.45. The van der Waals surface area contributed by atoms with Crippen molar-refractivity contribution in [1.29, 1.82) is 0 Å². The molecule has 0 fully saturated rings. The number of urea groups is 1. The van der Waals surface area contributed by atoms with E-state index >= 15 is 0 Å². The highest BCUT2D eigenvalue weighted by atomic mass is 16.4. The molecule has 0 aromatic heterocycles. The van der Waals surface area contributed by atoms with Crippen molar-refractivity contribution in [3.05, 3.63) is 29.8 Å². The van der Waals surface area contributed by atoms with Crippen molar-refractivity contribution in [2.45, 2.75) is 6.92 Å². The van der Waals surface area contributed by atoms with E-state index in [1.54, 1.807) is 19.1 Å². The molecule has 4 N–H and O–H groups in total. The van der Waals surface area contributed by atoms with Gasteiger partial charge >= 0.3 is 12.0 Å². The number of carboxylic acids is 1. The Labute approximate surface area is 121 Å². The zero-order chi connectivity index (χ0) is 15.7. The SMILES string of the molecule is CC#CCNC(=O)Nc1ccc(C(=O)NCC(=O)O)cc1. The van der Waals surface area contributed by atoms with Crippen LogP contribution in [0.3, 0.4) is 0 Å². The number of carbonyl (C=O) groups excluding carboxylic acids is 2. The van der Waals surface area contributed by atoms with Crippen LogP contribution < -0.4 is 16.0 Å². The lowest BCUT2D eigenvalue weighted by atomic mass is 10.2. The maximum atomic E-state index is 11.6. The van der Waals surface area contributed by atoms with Gasteiger partial charge in [-0.2, -0.15) is 0 Å². The number of nitrogens with one attached hydrogen (secondary N) is 3. The molecular formula is C14H15N3O4. The van der Waals surface area contributed by atoms with E-state index in [2.05, 4.69) is 27.8 Å². The minimum Gasteiger partial charge on any atom is -0.480 e. The smallest absolute Gasteiger partial charge is 0.322 e. The van der Waals surface area contributed by atoms with Gasteiger partial charge in [0.05, 0.1) is 6.54 Å². The first-order valence-electron chi connectivity index (χ1n) is 6.07. The van der Waals surface area contributed by atoms with E-state index in [-0.39, 0.29) is 6.54 Å². The van der Waals surface area contributed by atoms with Gasteiger partial charge in [0.15, 0.2) is 0 Å². The predicted molar refractivity (Wildman–Crippen MR) is 76.9 cm³/mol. The van der Waals surface area contributed by atoms with Gasteiger partial charge in [-0.25, -0.2) is 4.79 Å². The summed E-state index contributed by atoms with van der Waals surface area (Å²) in [5.74, 6) is 3.73. The second kappa shape index (κ2) is 8.22. The molecular weight excluding hydrogens is 274 g/mol. The molecule has 0 heterocycles. The number of hydrogen-bond acceptors (Lipinski definition) is 3. The lowest BCUT2D eigenvalue weighted by Crippen LogP contribution is -2.29. The summed E-state index contributed by atoms with van der Waals surface area (Å²) in [6, 6.07) is 5.65. The second-order valence-electron chi connectivity index (χ2n) is 3.89. The molecule has 0 saturated heterocycles. The Kier molecular flexibility index (Phi) is 6.28. The van der Waals surface area contributed by atoms with Crippen LogP contribution in [0.15, 0.2) is 24.3 Å². The third-order valence-corrected chi connectivity index (χ3v) is 2.32. The maximum absolute atomic E-state index is 11.6. The van der Waals surface area contributed by atoms with Crippen molar-refractivity contribution in [2.24, 2.45) is 0 Å². The van der Waals surface area contributed by atoms with Crippen LogP contribution in [-0.4, -0.2) is 36.1 Å². The number of hydrogen-bond donors (Lipinski definition) is 4. The molecule has 1 rings (SSSR count). The molecule has 0 aliphatic carbocycles. The van der Waals surface area contributed by atoms with Crippen molar-refractivity contribution >= 4 is 23.6 Å². The van der Waals surface area contributed by atoms with Crippen LogP contribution >= 0.6 is 0 Å². The molecule has 0 aliphatic rings. The van der Waals surface area contributed by atoms with Crippen molar-refractivity contribution < 1.29 is 19.5 Å². The Morgan fingerprint density at radius 2 is 1.81 bits per heavy atom. The van der Waals surface area contributed by atoms with Crippen LogP contribution in [0.25, 0.3) is 0 Å². The van der Waals surface area contributed by atoms with Gasteiger partial charge in [0.2, 0.25) is 0 Å². The van der Waals surface area contributed by atoms with E-state index in [0.717, 1.165) is 0 Å². The summed E-state index contributed by atoms with van der Waals surface area (Å²) in [6.07, 6.45) is 0. The van der Waals surface area contributed by atoms with Gasteiger partial charge in [0.1, 0.15) is 6.54 Å². The van der Waals surface area contributed by atoms with Crippen molar-refractivity contribution in [2.75, 3.05) is 18.4 Å². The number of amides is 3. The minimum atomic E-state index is -1.12. The van der Waals surface area contributed by atoms with E-state index in [4.69, 9.17) is 5.11 Å². The molecule has 0 saturated carbocycles. The first-order chi connectivity index (χ1) is 10.0. The van der Waals surface area contributed by atoms with E-state index in [0.29, 0.717) is 11.3 Å². The third kappa shape index (κ3) is 6.11. The van der Waals surface area contributed by atoms with Gasteiger partial charge < -0.3 is 21.1 Å². The summed E-state index contributed by atoms with van der Waals surface area (Å²) in [5.41, 5.74) is 0.811. The van der Waals surface area contributed by atoms with Gasteiger partial charge in [-0.15, -0.1) is 5.92 Å². The third-order valence-electron chi connectivity index (χ3n) is 2.32. The molecule has 0 radical (unpaired) electrons. The summed E-state index contributed by atoms with van der Waals surface area (Å²) < 4.78 is 0. The zero-order valence-electron chi connectivity index (χ0n) is 11.4. The molecule has 3 amide bonds. The Hall–Kier alpha value is -3.01. The van der Waals surface area contributed by atoms with Crippen LogP contribution in [-0.2, 0) is 4.79 Å². The first-order valence-corrected chi connectivity index (χ1v) is 6.07. The van der Waals surface area contributed by atoms with E-state index in [9.17, 15) is 14.4 Å². The van der Waals surface area contributed by atoms with Crippen LogP contribution in [0.5, 0.6) is 0 Å². The monoisotopic (exact) mass is 289 g/mol. The molecule has 0 atom stereocenters. The molecule has 0 unspecified atom stereocenters. The molecule has 0 bridgehead atoms. The number of benzene rings is 1. The largest absolute Gasteiger partial charge is 0.480 e. The fourth-order valence-corrected chi connectivity index (χ4v) is 1.35. The van der Waals surface area contributed by atoms with Gasteiger partial charge in [0.25, 0.3) is 5.91 Å². The number of rotatable bonds is 5. The van der Waals surface area contributed by atoms with Gasteiger partial charge in [0, 0.05) is 11.3 Å². The molecule has 1 aromatic carbocycles.